The van der Waals surface area contributed by atoms with E-state index in [1.165, 1.54) is 12.1 Å². The van der Waals surface area contributed by atoms with Crippen molar-refractivity contribution in [2.24, 2.45) is 0 Å². The molecule has 1 aliphatic heterocycles. The van der Waals surface area contributed by atoms with Gasteiger partial charge in [-0.2, -0.15) is 23.4 Å². The first-order valence-corrected chi connectivity index (χ1v) is 10.4. The quantitative estimate of drug-likeness (QED) is 0.612. The molecule has 4 heterocycles. The van der Waals surface area contributed by atoms with Crippen LogP contribution < -0.4 is 5.56 Å². The first-order chi connectivity index (χ1) is 15.0. The van der Waals surface area contributed by atoms with Gasteiger partial charge in [0, 0.05) is 24.4 Å². The van der Waals surface area contributed by atoms with Crippen LogP contribution in [0.1, 0.15) is 61.4 Å². The number of nitrogens with zero attached hydrogens (tertiary/aromatic N) is 6. The van der Waals surface area contributed by atoms with Crippen LogP contribution in [0.25, 0.3) is 5.65 Å². The third-order valence-corrected chi connectivity index (χ3v) is 5.55. The fourth-order valence-electron chi connectivity index (χ4n) is 3.93. The van der Waals surface area contributed by atoms with E-state index in [1.54, 1.807) is 31.7 Å². The molecule has 1 atom stereocenters. The minimum absolute atomic E-state index is 0.0920. The van der Waals surface area contributed by atoms with Gasteiger partial charge in [0.1, 0.15) is 12.2 Å². The summed E-state index contributed by atoms with van der Waals surface area (Å²) in [5.74, 6) is -0.527. The number of alkyl halides is 3. The molecule has 0 unspecified atom stereocenters. The normalized spacial score (nSPS) is 17.0. The molecule has 0 N–H and O–H groups in total. The third-order valence-electron chi connectivity index (χ3n) is 5.55. The summed E-state index contributed by atoms with van der Waals surface area (Å²) in [6.45, 7) is 5.44. The van der Waals surface area contributed by atoms with Crippen LogP contribution in [0.3, 0.4) is 0 Å². The van der Waals surface area contributed by atoms with Crippen LogP contribution in [-0.2, 0) is 17.5 Å². The molecule has 1 aliphatic rings. The van der Waals surface area contributed by atoms with Gasteiger partial charge in [-0.1, -0.05) is 13.8 Å². The highest BCUT2D eigenvalue weighted by atomic mass is 19.4. The van der Waals surface area contributed by atoms with E-state index in [-0.39, 0.29) is 24.0 Å². The van der Waals surface area contributed by atoms with Crippen LogP contribution in [-0.4, -0.2) is 41.7 Å². The molecular formula is C21H23F3N6O2. The van der Waals surface area contributed by atoms with Crippen molar-refractivity contribution < 1.29 is 18.0 Å². The van der Waals surface area contributed by atoms with Crippen LogP contribution in [0.15, 0.2) is 29.1 Å². The van der Waals surface area contributed by atoms with Crippen molar-refractivity contribution in [3.05, 3.63) is 57.4 Å². The molecule has 11 heteroatoms. The lowest BCUT2D eigenvalue weighted by Crippen LogP contribution is -2.37. The van der Waals surface area contributed by atoms with Gasteiger partial charge in [0.2, 0.25) is 5.91 Å². The number of aryl methyl sites for hydroxylation is 1. The van der Waals surface area contributed by atoms with Gasteiger partial charge in [-0.3, -0.25) is 9.59 Å². The van der Waals surface area contributed by atoms with E-state index in [9.17, 15) is 22.8 Å². The van der Waals surface area contributed by atoms with Crippen molar-refractivity contribution >= 4 is 11.6 Å². The highest BCUT2D eigenvalue weighted by molar-refractivity contribution is 5.76. The molecule has 32 heavy (non-hydrogen) atoms. The maximum Gasteiger partial charge on any atom is 0.433 e. The monoisotopic (exact) mass is 448 g/mol. The van der Waals surface area contributed by atoms with Gasteiger partial charge < -0.3 is 4.90 Å². The molecule has 0 aliphatic carbocycles. The van der Waals surface area contributed by atoms with Crippen LogP contribution in [0.4, 0.5) is 13.2 Å². The maximum absolute atomic E-state index is 13.7. The Hall–Kier alpha value is -3.24. The lowest BCUT2D eigenvalue weighted by molar-refractivity contribution is -0.143. The summed E-state index contributed by atoms with van der Waals surface area (Å²) in [6.07, 6.45) is -3.36. The van der Waals surface area contributed by atoms with Crippen molar-refractivity contribution in [1.29, 1.82) is 0 Å². The first-order valence-electron chi connectivity index (χ1n) is 10.4. The molecule has 1 amide bonds. The lowest BCUT2D eigenvalue weighted by atomic mass is 10.1. The van der Waals surface area contributed by atoms with E-state index in [0.29, 0.717) is 36.5 Å². The smallest absolute Gasteiger partial charge is 0.332 e. The predicted octanol–water partition coefficient (Wildman–Crippen LogP) is 3.10. The summed E-state index contributed by atoms with van der Waals surface area (Å²) in [5, 5.41) is 8.27. The number of carbonyl (C=O) groups is 1. The van der Waals surface area contributed by atoms with E-state index in [4.69, 9.17) is 0 Å². The number of rotatable bonds is 4. The Morgan fingerprint density at radius 2 is 1.97 bits per heavy atom. The maximum atomic E-state index is 13.7. The van der Waals surface area contributed by atoms with Gasteiger partial charge in [0.15, 0.2) is 5.65 Å². The van der Waals surface area contributed by atoms with Crippen molar-refractivity contribution in [2.75, 3.05) is 6.54 Å². The molecule has 0 aromatic carbocycles. The lowest BCUT2D eigenvalue weighted by Gasteiger charge is -2.23. The minimum atomic E-state index is -4.60. The van der Waals surface area contributed by atoms with Crippen molar-refractivity contribution in [3.63, 3.8) is 0 Å². The number of likely N-dealkylation sites (tertiary alicyclic amines) is 1. The van der Waals surface area contributed by atoms with Crippen LogP contribution in [0, 0.1) is 6.92 Å². The minimum Gasteiger partial charge on any atom is -0.332 e. The summed E-state index contributed by atoms with van der Waals surface area (Å²) >= 11 is 0. The molecule has 8 nitrogen and oxygen atoms in total. The standard InChI is InChI=1S/C21H23F3N6O2/c1-12(2)14-9-17(21(22,23)24)30-18(25-14)10-15(27-30)16-5-4-8-28(16)20(32)11-29-19(31)7-6-13(3)26-29/h6-7,9-10,12,16H,4-5,8,11H2,1-3H3/t16-/m0/s1. The van der Waals surface area contributed by atoms with Gasteiger partial charge in [-0.15, -0.1) is 0 Å². The van der Waals surface area contributed by atoms with Crippen molar-refractivity contribution in [2.45, 2.75) is 58.3 Å². The number of amides is 1. The molecular weight excluding hydrogens is 425 g/mol. The van der Waals surface area contributed by atoms with E-state index < -0.39 is 23.5 Å². The number of hydrogen-bond acceptors (Lipinski definition) is 5. The molecule has 0 spiro atoms. The van der Waals surface area contributed by atoms with Crippen LogP contribution >= 0.6 is 0 Å². The SMILES string of the molecule is Cc1ccc(=O)n(CC(=O)N2CCC[C@H]2c2cc3nc(C(C)C)cc(C(F)(F)F)n3n2)n1. The molecule has 3 aromatic rings. The highest BCUT2D eigenvalue weighted by Crippen LogP contribution is 2.35. The molecule has 4 rings (SSSR count). The number of carbonyl (C=O) groups excluding carboxylic acids is 1. The Kier molecular flexibility index (Phi) is 5.51. The fourth-order valence-corrected chi connectivity index (χ4v) is 3.93. The van der Waals surface area contributed by atoms with E-state index >= 15 is 0 Å². The summed E-state index contributed by atoms with van der Waals surface area (Å²) in [7, 11) is 0. The van der Waals surface area contributed by atoms with Crippen molar-refractivity contribution in [1.82, 2.24) is 29.3 Å². The van der Waals surface area contributed by atoms with E-state index in [1.807, 2.05) is 0 Å². The van der Waals surface area contributed by atoms with Crippen LogP contribution in [0.5, 0.6) is 0 Å². The topological polar surface area (TPSA) is 85.4 Å². The summed E-state index contributed by atoms with van der Waals surface area (Å²) in [6, 6.07) is 4.94. The molecule has 3 aromatic heterocycles. The summed E-state index contributed by atoms with van der Waals surface area (Å²) < 4.78 is 42.9. The number of hydrogen-bond donors (Lipinski definition) is 0. The largest absolute Gasteiger partial charge is 0.433 e. The average molecular weight is 448 g/mol. The zero-order valence-electron chi connectivity index (χ0n) is 17.9. The molecule has 0 radical (unpaired) electrons. The third kappa shape index (κ3) is 4.11. The van der Waals surface area contributed by atoms with Gasteiger partial charge in [0.05, 0.1) is 17.4 Å². The summed E-state index contributed by atoms with van der Waals surface area (Å²) in [5.41, 5.74) is 0.0631. The second-order valence-electron chi connectivity index (χ2n) is 8.27. The number of halogens is 3. The van der Waals surface area contributed by atoms with Gasteiger partial charge in [-0.25, -0.2) is 14.2 Å². The Morgan fingerprint density at radius 3 is 2.66 bits per heavy atom. The second kappa shape index (κ2) is 8.03. The zero-order chi connectivity index (χ0) is 23.2. The van der Waals surface area contributed by atoms with Crippen LogP contribution in [0.2, 0.25) is 0 Å². The summed E-state index contributed by atoms with van der Waals surface area (Å²) in [4.78, 5) is 30.8. The molecule has 0 bridgehead atoms. The van der Waals surface area contributed by atoms with Gasteiger partial charge in [-0.05, 0) is 37.8 Å². The van der Waals surface area contributed by atoms with Crippen molar-refractivity contribution in [3.8, 4) is 0 Å². The Morgan fingerprint density at radius 1 is 1.22 bits per heavy atom. The zero-order valence-corrected chi connectivity index (χ0v) is 17.9. The fraction of sp³-hybridized carbons (Fsp3) is 0.476. The van der Waals surface area contributed by atoms with Gasteiger partial charge in [0.25, 0.3) is 5.56 Å². The molecule has 1 fully saturated rings. The Balaban J connectivity index is 1.69. The predicted molar refractivity (Wildman–Crippen MR) is 109 cm³/mol. The van der Waals surface area contributed by atoms with E-state index in [0.717, 1.165) is 15.3 Å². The number of aromatic nitrogens is 5. The Bertz CT molecular complexity index is 1230. The highest BCUT2D eigenvalue weighted by Gasteiger charge is 2.37. The van der Waals surface area contributed by atoms with E-state index in [2.05, 4.69) is 15.2 Å². The first kappa shape index (κ1) is 22.0. The second-order valence-corrected chi connectivity index (χ2v) is 8.27. The van der Waals surface area contributed by atoms with Gasteiger partial charge >= 0.3 is 6.18 Å². The molecule has 1 saturated heterocycles. The molecule has 170 valence electrons. The average Bonchev–Trinajstić information content (AvgIpc) is 3.35. The molecule has 0 saturated carbocycles. The number of fused-ring (bicyclic) bond motifs is 1. The Labute approximate surface area is 181 Å².